The van der Waals surface area contributed by atoms with Crippen LogP contribution in [-0.2, 0) is 11.0 Å². The van der Waals surface area contributed by atoms with Gasteiger partial charge in [0.15, 0.2) is 0 Å². The Kier molecular flexibility index (Phi) is 6.26. The second-order valence-electron chi connectivity index (χ2n) is 7.86. The number of carbonyl (C=O) groups is 1. The molecule has 0 unspecified atom stereocenters. The third-order valence-corrected chi connectivity index (χ3v) is 5.70. The van der Waals surface area contributed by atoms with E-state index in [2.05, 4.69) is 10.1 Å². The van der Waals surface area contributed by atoms with Gasteiger partial charge in [0.25, 0.3) is 0 Å². The van der Waals surface area contributed by atoms with Crippen molar-refractivity contribution in [2.45, 2.75) is 19.0 Å². The average molecular weight is 460 g/mol. The number of rotatable bonds is 5. The SMILES string of the molecule is COc1ccc(-c2noc(N3CCC[C@@H](C(=O)N(C)c4cccc(C(F)(F)F)c4)C3)n2)cc1. The van der Waals surface area contributed by atoms with Gasteiger partial charge in [-0.05, 0) is 55.3 Å². The number of benzene rings is 2. The van der Waals surface area contributed by atoms with E-state index in [1.165, 1.54) is 24.1 Å². The number of ether oxygens (including phenoxy) is 1. The van der Waals surface area contributed by atoms with Crippen molar-refractivity contribution < 1.29 is 27.2 Å². The van der Waals surface area contributed by atoms with Crippen molar-refractivity contribution in [1.82, 2.24) is 10.1 Å². The fourth-order valence-corrected chi connectivity index (χ4v) is 3.85. The van der Waals surface area contributed by atoms with Crippen molar-refractivity contribution in [2.24, 2.45) is 5.92 Å². The first-order valence-electron chi connectivity index (χ1n) is 10.4. The molecule has 1 aromatic heterocycles. The molecule has 1 saturated heterocycles. The quantitative estimate of drug-likeness (QED) is 0.552. The van der Waals surface area contributed by atoms with E-state index in [4.69, 9.17) is 9.26 Å². The number of carbonyl (C=O) groups excluding carboxylic acids is 1. The molecule has 174 valence electrons. The number of piperidine rings is 1. The van der Waals surface area contributed by atoms with Crippen LogP contribution in [0.4, 0.5) is 24.9 Å². The molecule has 0 radical (unpaired) electrons. The van der Waals surface area contributed by atoms with Gasteiger partial charge >= 0.3 is 12.2 Å². The summed E-state index contributed by atoms with van der Waals surface area (Å²) in [5.74, 6) is 0.468. The van der Waals surface area contributed by atoms with Crippen LogP contribution in [0.1, 0.15) is 18.4 Å². The van der Waals surface area contributed by atoms with Crippen LogP contribution in [0.15, 0.2) is 53.1 Å². The Morgan fingerprint density at radius 1 is 1.21 bits per heavy atom. The highest BCUT2D eigenvalue weighted by molar-refractivity contribution is 5.95. The Balaban J connectivity index is 1.46. The molecule has 3 aromatic rings. The molecule has 2 aromatic carbocycles. The summed E-state index contributed by atoms with van der Waals surface area (Å²) in [4.78, 5) is 20.6. The van der Waals surface area contributed by atoms with E-state index < -0.39 is 17.7 Å². The van der Waals surface area contributed by atoms with Crippen molar-refractivity contribution in [3.63, 3.8) is 0 Å². The summed E-state index contributed by atoms with van der Waals surface area (Å²) in [6, 6.07) is 12.3. The number of hydrogen-bond acceptors (Lipinski definition) is 6. The van der Waals surface area contributed by atoms with Crippen molar-refractivity contribution in [1.29, 1.82) is 0 Å². The van der Waals surface area contributed by atoms with Gasteiger partial charge in [0.05, 0.1) is 18.6 Å². The number of aromatic nitrogens is 2. The first kappa shape index (κ1) is 22.6. The molecule has 0 saturated carbocycles. The fraction of sp³-hybridized carbons (Fsp3) is 0.348. The van der Waals surface area contributed by atoms with Crippen LogP contribution in [-0.4, -0.2) is 43.3 Å². The van der Waals surface area contributed by atoms with Crippen LogP contribution < -0.4 is 14.5 Å². The lowest BCUT2D eigenvalue weighted by atomic mass is 9.96. The van der Waals surface area contributed by atoms with Gasteiger partial charge in [0, 0.05) is 31.4 Å². The lowest BCUT2D eigenvalue weighted by molar-refractivity contribution is -0.137. The van der Waals surface area contributed by atoms with Gasteiger partial charge < -0.3 is 19.1 Å². The van der Waals surface area contributed by atoms with Crippen LogP contribution in [0.3, 0.4) is 0 Å². The van der Waals surface area contributed by atoms with Gasteiger partial charge in [-0.2, -0.15) is 18.2 Å². The standard InChI is InChI=1S/C23H23F3N4O3/c1-29(18-7-3-6-17(13-18)23(24,25)26)21(31)16-5-4-12-30(14-16)22-27-20(28-33-22)15-8-10-19(32-2)11-9-15/h3,6-11,13,16H,4-5,12,14H2,1-2H3/t16-/m1/s1. The zero-order valence-corrected chi connectivity index (χ0v) is 18.2. The zero-order chi connectivity index (χ0) is 23.6. The molecule has 0 bridgehead atoms. The molecule has 0 N–H and O–H groups in total. The molecule has 2 heterocycles. The van der Waals surface area contributed by atoms with Crippen molar-refractivity contribution in [3.8, 4) is 17.1 Å². The Bertz CT molecular complexity index is 1110. The first-order valence-corrected chi connectivity index (χ1v) is 10.4. The second kappa shape index (κ2) is 9.13. The topological polar surface area (TPSA) is 71.7 Å². The number of hydrogen-bond donors (Lipinski definition) is 0. The van der Waals surface area contributed by atoms with Gasteiger partial charge in [-0.15, -0.1) is 0 Å². The number of methoxy groups -OCH3 is 1. The van der Waals surface area contributed by atoms with E-state index >= 15 is 0 Å². The van der Waals surface area contributed by atoms with E-state index in [1.54, 1.807) is 19.2 Å². The molecule has 33 heavy (non-hydrogen) atoms. The monoisotopic (exact) mass is 460 g/mol. The minimum Gasteiger partial charge on any atom is -0.497 e. The summed E-state index contributed by atoms with van der Waals surface area (Å²) < 4.78 is 49.7. The third-order valence-electron chi connectivity index (χ3n) is 5.70. The molecule has 10 heteroatoms. The highest BCUT2D eigenvalue weighted by Crippen LogP contribution is 2.32. The van der Waals surface area contributed by atoms with Crippen molar-refractivity contribution >= 4 is 17.6 Å². The van der Waals surface area contributed by atoms with Gasteiger partial charge in [0.1, 0.15) is 5.75 Å². The molecule has 0 aliphatic carbocycles. The highest BCUT2D eigenvalue weighted by Gasteiger charge is 2.33. The predicted octanol–water partition coefficient (Wildman–Crippen LogP) is 4.64. The molecule has 1 fully saturated rings. The Morgan fingerprint density at radius 3 is 2.67 bits per heavy atom. The van der Waals surface area contributed by atoms with Crippen LogP contribution in [0.25, 0.3) is 11.4 Å². The summed E-state index contributed by atoms with van der Waals surface area (Å²) in [5.41, 5.74) is 0.174. The van der Waals surface area contributed by atoms with Crippen LogP contribution in [0.2, 0.25) is 0 Å². The summed E-state index contributed by atoms with van der Waals surface area (Å²) in [6.07, 6.45) is -3.13. The van der Waals surface area contributed by atoms with Gasteiger partial charge in [0.2, 0.25) is 11.7 Å². The number of nitrogens with zero attached hydrogens (tertiary/aromatic N) is 4. The van der Waals surface area contributed by atoms with Crippen LogP contribution in [0, 0.1) is 5.92 Å². The minimum atomic E-state index is -4.47. The Morgan fingerprint density at radius 2 is 1.97 bits per heavy atom. The predicted molar refractivity (Wildman–Crippen MR) is 116 cm³/mol. The summed E-state index contributed by atoms with van der Waals surface area (Å²) in [5, 5.41) is 4.03. The maximum atomic E-state index is 13.1. The molecule has 1 atom stereocenters. The highest BCUT2D eigenvalue weighted by atomic mass is 19.4. The van der Waals surface area contributed by atoms with Crippen LogP contribution in [0.5, 0.6) is 5.75 Å². The largest absolute Gasteiger partial charge is 0.497 e. The Labute approximate surface area is 188 Å². The van der Waals surface area contributed by atoms with E-state index in [1.807, 2.05) is 17.0 Å². The Hall–Kier alpha value is -3.56. The fourth-order valence-electron chi connectivity index (χ4n) is 3.85. The van der Waals surface area contributed by atoms with Gasteiger partial charge in [-0.3, -0.25) is 4.79 Å². The number of amides is 1. The number of alkyl halides is 3. The molecule has 4 rings (SSSR count). The molecular weight excluding hydrogens is 437 g/mol. The minimum absolute atomic E-state index is 0.200. The lowest BCUT2D eigenvalue weighted by Crippen LogP contribution is -2.44. The normalized spacial score (nSPS) is 16.5. The third kappa shape index (κ3) is 4.94. The summed E-state index contributed by atoms with van der Waals surface area (Å²) >= 11 is 0. The lowest BCUT2D eigenvalue weighted by Gasteiger charge is -2.32. The maximum absolute atomic E-state index is 13.1. The van der Waals surface area contributed by atoms with Gasteiger partial charge in [-0.1, -0.05) is 11.2 Å². The first-order chi connectivity index (χ1) is 15.8. The summed E-state index contributed by atoms with van der Waals surface area (Å²) in [7, 11) is 3.07. The smallest absolute Gasteiger partial charge is 0.416 e. The average Bonchev–Trinajstić information content (AvgIpc) is 3.33. The van der Waals surface area contributed by atoms with E-state index in [-0.39, 0.29) is 11.6 Å². The van der Waals surface area contributed by atoms with Crippen LogP contribution >= 0.6 is 0 Å². The molecule has 0 spiro atoms. The van der Waals surface area contributed by atoms with E-state index in [0.29, 0.717) is 43.5 Å². The number of anilines is 2. The number of halogens is 3. The zero-order valence-electron chi connectivity index (χ0n) is 18.2. The second-order valence-corrected chi connectivity index (χ2v) is 7.86. The van der Waals surface area contributed by atoms with Gasteiger partial charge in [-0.25, -0.2) is 0 Å². The molecule has 1 aliphatic heterocycles. The molecule has 1 aliphatic rings. The van der Waals surface area contributed by atoms with Crippen molar-refractivity contribution in [2.75, 3.05) is 37.0 Å². The molecule has 1 amide bonds. The maximum Gasteiger partial charge on any atom is 0.416 e. The summed E-state index contributed by atoms with van der Waals surface area (Å²) in [6.45, 7) is 0.980. The van der Waals surface area contributed by atoms with E-state index in [0.717, 1.165) is 17.7 Å². The molecule has 7 nitrogen and oxygen atoms in total. The van der Waals surface area contributed by atoms with E-state index in [9.17, 15) is 18.0 Å². The molecular formula is C23H23F3N4O3. The van der Waals surface area contributed by atoms with Crippen molar-refractivity contribution in [3.05, 3.63) is 54.1 Å².